The summed E-state index contributed by atoms with van der Waals surface area (Å²) in [4.78, 5) is 19.1. The number of rotatable bonds is 5. The molecule has 4 rings (SSSR count). The van der Waals surface area contributed by atoms with Gasteiger partial charge in [0.25, 0.3) is 0 Å². The third-order valence-electron chi connectivity index (χ3n) is 3.82. The lowest BCUT2D eigenvalue weighted by atomic mass is 10.1. The van der Waals surface area contributed by atoms with E-state index in [1.54, 1.807) is 24.3 Å². The van der Waals surface area contributed by atoms with Gasteiger partial charge in [-0.1, -0.05) is 18.2 Å². The van der Waals surface area contributed by atoms with Crippen molar-refractivity contribution in [3.8, 4) is 11.1 Å². The first-order valence-electron chi connectivity index (χ1n) is 7.80. The summed E-state index contributed by atoms with van der Waals surface area (Å²) < 4.78 is 8.37. The Kier molecular flexibility index (Phi) is 4.37. The number of oxazole rings is 1. The zero-order valence-electron chi connectivity index (χ0n) is 13.2. The number of aromatic nitrogens is 2. The van der Waals surface area contributed by atoms with Crippen LogP contribution in [-0.2, 0) is 6.54 Å². The Balaban J connectivity index is 1.44. The third kappa shape index (κ3) is 3.65. The molecule has 2 N–H and O–H groups in total. The lowest BCUT2D eigenvalue weighted by Gasteiger charge is -2.06. The number of pyridine rings is 1. The van der Waals surface area contributed by atoms with Crippen molar-refractivity contribution in [2.75, 3.05) is 0 Å². The number of hydrogen-bond acceptors (Lipinski definition) is 5. The number of benzene rings is 2. The molecule has 0 spiro atoms. The van der Waals surface area contributed by atoms with E-state index in [0.29, 0.717) is 11.1 Å². The van der Waals surface area contributed by atoms with Crippen molar-refractivity contribution in [2.24, 2.45) is 0 Å². The van der Waals surface area contributed by atoms with E-state index >= 15 is 0 Å². The zero-order valence-corrected chi connectivity index (χ0v) is 14.0. The lowest BCUT2D eigenvalue weighted by Crippen LogP contribution is -2.02. The molecule has 0 aliphatic carbocycles. The van der Waals surface area contributed by atoms with Gasteiger partial charge in [-0.15, -0.1) is 0 Å². The van der Waals surface area contributed by atoms with Gasteiger partial charge in [-0.25, -0.2) is 4.79 Å². The van der Waals surface area contributed by atoms with Crippen molar-refractivity contribution in [1.29, 1.82) is 0 Å². The summed E-state index contributed by atoms with van der Waals surface area (Å²) in [7, 11) is 0. The molecule has 0 aliphatic heterocycles. The van der Waals surface area contributed by atoms with E-state index in [9.17, 15) is 4.79 Å². The van der Waals surface area contributed by atoms with Crippen molar-refractivity contribution in [3.05, 3.63) is 83.1 Å². The van der Waals surface area contributed by atoms with Gasteiger partial charge >= 0.3 is 5.76 Å². The average Bonchev–Trinajstić information content (AvgIpc) is 3.02. The summed E-state index contributed by atoms with van der Waals surface area (Å²) in [6.07, 6.45) is 3.58. The highest BCUT2D eigenvalue weighted by molar-refractivity contribution is 7.97. The average molecular weight is 349 g/mol. The molecular weight excluding hydrogens is 334 g/mol. The summed E-state index contributed by atoms with van der Waals surface area (Å²) in [6.45, 7) is 0.777. The maximum atomic E-state index is 11.2. The van der Waals surface area contributed by atoms with Crippen LogP contribution in [0.1, 0.15) is 5.56 Å². The molecule has 0 saturated carbocycles. The molecule has 0 fully saturated rings. The van der Waals surface area contributed by atoms with Crippen molar-refractivity contribution >= 4 is 23.0 Å². The van der Waals surface area contributed by atoms with Crippen molar-refractivity contribution in [1.82, 2.24) is 14.7 Å². The number of nitrogens with one attached hydrogen (secondary N) is 2. The van der Waals surface area contributed by atoms with Crippen LogP contribution >= 0.6 is 11.9 Å². The second-order valence-corrected chi connectivity index (χ2v) is 6.49. The predicted molar refractivity (Wildman–Crippen MR) is 99.2 cm³/mol. The first kappa shape index (κ1) is 15.7. The van der Waals surface area contributed by atoms with E-state index in [4.69, 9.17) is 4.42 Å². The summed E-state index contributed by atoms with van der Waals surface area (Å²) in [5.41, 5.74) is 4.59. The standard InChI is InChI=1S/C19H15N3O2S/c23-19-22-17-11-15(3-6-18(17)24-19)14-1-4-16(5-2-14)25-21-12-13-7-9-20-10-8-13/h1-11,21H,12H2,(H,22,23). The highest BCUT2D eigenvalue weighted by atomic mass is 32.2. The van der Waals surface area contributed by atoms with Crippen LogP contribution in [0.2, 0.25) is 0 Å². The molecule has 0 atom stereocenters. The smallest absolute Gasteiger partial charge is 0.408 e. The number of fused-ring (bicyclic) bond motifs is 1. The van der Waals surface area contributed by atoms with E-state index in [1.165, 1.54) is 5.56 Å². The molecule has 2 aromatic heterocycles. The predicted octanol–water partition coefficient (Wildman–Crippen LogP) is 3.98. The largest absolute Gasteiger partial charge is 0.417 e. The molecule has 0 saturated heterocycles. The minimum Gasteiger partial charge on any atom is -0.408 e. The molecule has 2 heterocycles. The minimum atomic E-state index is -0.431. The van der Waals surface area contributed by atoms with E-state index in [2.05, 4.69) is 39.0 Å². The SMILES string of the molecule is O=c1[nH]c2cc(-c3ccc(SNCc4ccncc4)cc3)ccc2o1. The Morgan fingerprint density at radius 2 is 1.76 bits per heavy atom. The highest BCUT2D eigenvalue weighted by Crippen LogP contribution is 2.25. The van der Waals surface area contributed by atoms with Crippen molar-refractivity contribution in [2.45, 2.75) is 11.4 Å². The molecule has 5 nitrogen and oxygen atoms in total. The van der Waals surface area contributed by atoms with Gasteiger partial charge < -0.3 is 4.42 Å². The molecule has 25 heavy (non-hydrogen) atoms. The number of H-pyrrole nitrogens is 1. The van der Waals surface area contributed by atoms with Gasteiger partial charge in [0, 0.05) is 23.8 Å². The molecule has 0 aliphatic rings. The van der Waals surface area contributed by atoms with Crippen LogP contribution in [0.15, 0.2) is 81.1 Å². The second-order valence-electron chi connectivity index (χ2n) is 5.53. The van der Waals surface area contributed by atoms with Crippen molar-refractivity contribution < 1.29 is 4.42 Å². The maximum Gasteiger partial charge on any atom is 0.417 e. The Morgan fingerprint density at radius 1 is 1.00 bits per heavy atom. The zero-order chi connectivity index (χ0) is 17.1. The van der Waals surface area contributed by atoms with E-state index in [1.807, 2.05) is 30.3 Å². The Morgan fingerprint density at radius 3 is 2.56 bits per heavy atom. The monoisotopic (exact) mass is 349 g/mol. The molecule has 0 amide bonds. The van der Waals surface area contributed by atoms with Crippen LogP contribution < -0.4 is 10.5 Å². The molecular formula is C19H15N3O2S. The summed E-state index contributed by atoms with van der Waals surface area (Å²) in [5, 5.41) is 0. The van der Waals surface area contributed by atoms with Crippen LogP contribution in [0.3, 0.4) is 0 Å². The topological polar surface area (TPSA) is 70.9 Å². The molecule has 0 unspecified atom stereocenters. The van der Waals surface area contributed by atoms with Gasteiger partial charge in [0.15, 0.2) is 5.58 Å². The third-order valence-corrected chi connectivity index (χ3v) is 4.62. The lowest BCUT2D eigenvalue weighted by molar-refractivity contribution is 0.555. The van der Waals surface area contributed by atoms with Crippen LogP contribution in [0.25, 0.3) is 22.2 Å². The van der Waals surface area contributed by atoms with E-state index in [-0.39, 0.29) is 0 Å². The number of hydrogen-bond donors (Lipinski definition) is 2. The Bertz CT molecular complexity index is 1040. The van der Waals surface area contributed by atoms with Gasteiger partial charge in [-0.3, -0.25) is 14.7 Å². The summed E-state index contributed by atoms with van der Waals surface area (Å²) >= 11 is 1.59. The molecule has 0 radical (unpaired) electrons. The molecule has 4 aromatic rings. The van der Waals surface area contributed by atoms with Crippen LogP contribution in [-0.4, -0.2) is 9.97 Å². The van der Waals surface area contributed by atoms with Crippen LogP contribution in [0.5, 0.6) is 0 Å². The highest BCUT2D eigenvalue weighted by Gasteiger charge is 2.04. The van der Waals surface area contributed by atoms with Gasteiger partial charge in [-0.05, 0) is 65.0 Å². The number of aromatic amines is 1. The molecule has 124 valence electrons. The van der Waals surface area contributed by atoms with Crippen LogP contribution in [0.4, 0.5) is 0 Å². The summed E-state index contributed by atoms with van der Waals surface area (Å²) in [5.74, 6) is -0.431. The maximum absolute atomic E-state index is 11.2. The van der Waals surface area contributed by atoms with Crippen molar-refractivity contribution in [3.63, 3.8) is 0 Å². The normalized spacial score (nSPS) is 11.0. The Hall–Kier alpha value is -2.83. The first-order chi connectivity index (χ1) is 12.3. The minimum absolute atomic E-state index is 0.431. The van der Waals surface area contributed by atoms with Gasteiger partial charge in [0.1, 0.15) is 0 Å². The quantitative estimate of drug-likeness (QED) is 0.533. The molecule has 2 aromatic carbocycles. The van der Waals surface area contributed by atoms with E-state index in [0.717, 1.165) is 22.6 Å². The summed E-state index contributed by atoms with van der Waals surface area (Å²) in [6, 6.07) is 17.9. The fraction of sp³-hybridized carbons (Fsp3) is 0.0526. The van der Waals surface area contributed by atoms with Gasteiger partial charge in [0.05, 0.1) is 5.52 Å². The van der Waals surface area contributed by atoms with Gasteiger partial charge in [0.2, 0.25) is 0 Å². The van der Waals surface area contributed by atoms with Crippen LogP contribution in [0, 0.1) is 0 Å². The fourth-order valence-electron chi connectivity index (χ4n) is 2.55. The number of nitrogens with zero attached hydrogens (tertiary/aromatic N) is 1. The second kappa shape index (κ2) is 6.96. The Labute approximate surface area is 148 Å². The first-order valence-corrected chi connectivity index (χ1v) is 8.61. The van der Waals surface area contributed by atoms with E-state index < -0.39 is 5.76 Å². The fourth-order valence-corrected chi connectivity index (χ4v) is 3.23. The van der Waals surface area contributed by atoms with Gasteiger partial charge in [-0.2, -0.15) is 0 Å². The molecule has 6 heteroatoms. The molecule has 0 bridgehead atoms.